The van der Waals surface area contributed by atoms with E-state index >= 15 is 0 Å². The minimum Gasteiger partial charge on any atom is -0.326 e. The second-order valence-electron chi connectivity index (χ2n) is 6.35. The van der Waals surface area contributed by atoms with E-state index in [1.54, 1.807) is 24.3 Å². The molecule has 0 bridgehead atoms. The number of aryl methyl sites for hydroxylation is 1. The lowest BCUT2D eigenvalue weighted by Gasteiger charge is -2.10. The molecule has 2 heterocycles. The third kappa shape index (κ3) is 4.35. The summed E-state index contributed by atoms with van der Waals surface area (Å²) in [6.07, 6.45) is 0. The van der Waals surface area contributed by atoms with Crippen LogP contribution in [-0.2, 0) is 4.79 Å². The van der Waals surface area contributed by atoms with Crippen molar-refractivity contribution in [3.63, 3.8) is 0 Å². The molecule has 0 fully saturated rings. The zero-order chi connectivity index (χ0) is 20.4. The molecule has 0 unspecified atom stereocenters. The predicted octanol–water partition coefficient (Wildman–Crippen LogP) is 4.65. The summed E-state index contributed by atoms with van der Waals surface area (Å²) >= 11 is 1.30. The van der Waals surface area contributed by atoms with Crippen LogP contribution < -0.4 is 10.6 Å². The minimum absolute atomic E-state index is 0.136. The average Bonchev–Trinajstić information content (AvgIpc) is 3.09. The van der Waals surface area contributed by atoms with Gasteiger partial charge in [-0.3, -0.25) is 9.89 Å². The van der Waals surface area contributed by atoms with Gasteiger partial charge in [0.05, 0.1) is 5.69 Å². The summed E-state index contributed by atoms with van der Waals surface area (Å²) in [5.41, 5.74) is 1.76. The smallest absolute Gasteiger partial charge is 0.221 e. The van der Waals surface area contributed by atoms with Gasteiger partial charge in [-0.2, -0.15) is 5.10 Å². The van der Waals surface area contributed by atoms with Crippen molar-refractivity contribution < 1.29 is 9.18 Å². The molecule has 0 aliphatic heterocycles. The molecule has 4 aromatic rings. The number of nitrogens with one attached hydrogen (secondary N) is 3. The van der Waals surface area contributed by atoms with E-state index in [4.69, 9.17) is 0 Å². The number of fused-ring (bicyclic) bond motifs is 1. The van der Waals surface area contributed by atoms with Gasteiger partial charge in [-0.1, -0.05) is 6.07 Å². The Morgan fingerprint density at radius 3 is 2.62 bits per heavy atom. The van der Waals surface area contributed by atoms with Crippen molar-refractivity contribution in [3.8, 4) is 0 Å². The summed E-state index contributed by atoms with van der Waals surface area (Å²) in [4.78, 5) is 21.0. The summed E-state index contributed by atoms with van der Waals surface area (Å²) < 4.78 is 14.4. The Labute approximate surface area is 170 Å². The fraction of sp³-hybridized carbons (Fsp3) is 0.100. The number of carbonyl (C=O) groups excluding carboxylic acids is 1. The van der Waals surface area contributed by atoms with Gasteiger partial charge < -0.3 is 10.6 Å². The van der Waals surface area contributed by atoms with Crippen LogP contribution in [0, 0.1) is 12.7 Å². The zero-order valence-corrected chi connectivity index (χ0v) is 16.5. The molecule has 146 valence electrons. The van der Waals surface area contributed by atoms with Gasteiger partial charge in [0.15, 0.2) is 5.16 Å². The Bertz CT molecular complexity index is 1190. The monoisotopic (exact) mass is 408 g/mol. The maximum Gasteiger partial charge on any atom is 0.221 e. The first-order valence-corrected chi connectivity index (χ1v) is 9.60. The molecular formula is C20H17FN6OS. The molecule has 0 aliphatic carbocycles. The van der Waals surface area contributed by atoms with Gasteiger partial charge in [0.1, 0.15) is 23.0 Å². The van der Waals surface area contributed by atoms with Crippen molar-refractivity contribution in [2.45, 2.75) is 23.9 Å². The van der Waals surface area contributed by atoms with Crippen LogP contribution >= 0.6 is 11.8 Å². The summed E-state index contributed by atoms with van der Waals surface area (Å²) in [7, 11) is 0. The number of H-pyrrole nitrogens is 1. The summed E-state index contributed by atoms with van der Waals surface area (Å²) in [5.74, 6) is 0.581. The van der Waals surface area contributed by atoms with Crippen LogP contribution in [0.5, 0.6) is 0 Å². The largest absolute Gasteiger partial charge is 0.326 e. The molecule has 0 saturated heterocycles. The Morgan fingerprint density at radius 1 is 1.14 bits per heavy atom. The standard InChI is InChI=1S/C20H17FN6OS/c1-11-10-17(27-26-11)23-19-15-4-3-5-16(21)18(15)24-20(25-19)29-14-8-6-13(7-9-14)22-12(2)28/h3-10H,1-2H3,(H,22,28)(H2,23,24,25,26,27). The van der Waals surface area contributed by atoms with Crippen LogP contribution in [0.25, 0.3) is 10.9 Å². The third-order valence-corrected chi connectivity index (χ3v) is 4.87. The maximum absolute atomic E-state index is 14.4. The molecule has 2 aromatic heterocycles. The first-order valence-electron chi connectivity index (χ1n) is 8.79. The molecule has 3 N–H and O–H groups in total. The Morgan fingerprint density at radius 2 is 1.93 bits per heavy atom. The van der Waals surface area contributed by atoms with Crippen molar-refractivity contribution in [3.05, 3.63) is 60.0 Å². The first-order chi connectivity index (χ1) is 14.0. The molecule has 29 heavy (non-hydrogen) atoms. The number of hydrogen-bond donors (Lipinski definition) is 3. The van der Waals surface area contributed by atoms with Gasteiger partial charge in [0.2, 0.25) is 5.91 Å². The quantitative estimate of drug-likeness (QED) is 0.416. The highest BCUT2D eigenvalue weighted by Crippen LogP contribution is 2.31. The number of anilines is 3. The van der Waals surface area contributed by atoms with Gasteiger partial charge in [0.25, 0.3) is 0 Å². The van der Waals surface area contributed by atoms with Crippen LogP contribution in [0.15, 0.2) is 58.6 Å². The van der Waals surface area contributed by atoms with E-state index < -0.39 is 5.82 Å². The lowest BCUT2D eigenvalue weighted by atomic mass is 10.2. The fourth-order valence-electron chi connectivity index (χ4n) is 2.77. The van der Waals surface area contributed by atoms with Crippen LogP contribution in [-0.4, -0.2) is 26.1 Å². The number of nitrogens with zero attached hydrogens (tertiary/aromatic N) is 3. The topological polar surface area (TPSA) is 95.6 Å². The second kappa shape index (κ2) is 7.88. The van der Waals surface area contributed by atoms with Crippen LogP contribution in [0.4, 0.5) is 21.7 Å². The van der Waals surface area contributed by atoms with Crippen LogP contribution in [0.2, 0.25) is 0 Å². The van der Waals surface area contributed by atoms with Gasteiger partial charge in [-0.15, -0.1) is 0 Å². The number of para-hydroxylation sites is 1. The van der Waals surface area contributed by atoms with E-state index in [-0.39, 0.29) is 11.4 Å². The van der Waals surface area contributed by atoms with E-state index in [9.17, 15) is 9.18 Å². The molecule has 0 atom stereocenters. The van der Waals surface area contributed by atoms with Crippen molar-refractivity contribution in [1.82, 2.24) is 20.2 Å². The number of carbonyl (C=O) groups is 1. The maximum atomic E-state index is 14.4. The van der Waals surface area contributed by atoms with E-state index in [0.29, 0.717) is 27.9 Å². The predicted molar refractivity (Wildman–Crippen MR) is 111 cm³/mol. The Hall–Kier alpha value is -3.46. The third-order valence-electron chi connectivity index (χ3n) is 4.00. The van der Waals surface area contributed by atoms with Crippen LogP contribution in [0.1, 0.15) is 12.6 Å². The summed E-state index contributed by atoms with van der Waals surface area (Å²) in [6, 6.07) is 13.9. The van der Waals surface area contributed by atoms with Crippen LogP contribution in [0.3, 0.4) is 0 Å². The minimum atomic E-state index is -0.420. The molecular weight excluding hydrogens is 391 g/mol. The Kier molecular flexibility index (Phi) is 5.13. The fourth-order valence-corrected chi connectivity index (χ4v) is 3.52. The highest BCUT2D eigenvalue weighted by molar-refractivity contribution is 7.99. The number of benzene rings is 2. The molecule has 0 spiro atoms. The normalized spacial score (nSPS) is 10.9. The molecule has 0 aliphatic rings. The highest BCUT2D eigenvalue weighted by Gasteiger charge is 2.13. The van der Waals surface area contributed by atoms with Gasteiger partial charge >= 0.3 is 0 Å². The molecule has 4 rings (SSSR count). The molecule has 9 heteroatoms. The van der Waals surface area contributed by atoms with Crippen molar-refractivity contribution in [2.24, 2.45) is 0 Å². The van der Waals surface area contributed by atoms with Gasteiger partial charge in [-0.05, 0) is 55.1 Å². The van der Waals surface area contributed by atoms with E-state index in [2.05, 4.69) is 30.8 Å². The summed E-state index contributed by atoms with van der Waals surface area (Å²) in [6.45, 7) is 3.32. The average molecular weight is 408 g/mol. The lowest BCUT2D eigenvalue weighted by molar-refractivity contribution is -0.114. The number of amides is 1. The van der Waals surface area contributed by atoms with E-state index in [0.717, 1.165) is 10.6 Å². The molecule has 2 aromatic carbocycles. The first kappa shape index (κ1) is 18.9. The molecule has 7 nitrogen and oxygen atoms in total. The number of rotatable bonds is 5. The number of aromatic nitrogens is 4. The van der Waals surface area contributed by atoms with Crippen molar-refractivity contribution in [1.29, 1.82) is 0 Å². The number of halogens is 1. The van der Waals surface area contributed by atoms with Gasteiger partial charge in [0, 0.05) is 29.0 Å². The van der Waals surface area contributed by atoms with Crippen molar-refractivity contribution >= 4 is 45.9 Å². The molecule has 0 saturated carbocycles. The number of hydrogen-bond acceptors (Lipinski definition) is 6. The molecule has 1 amide bonds. The zero-order valence-electron chi connectivity index (χ0n) is 15.7. The van der Waals surface area contributed by atoms with E-state index in [1.807, 2.05) is 25.1 Å². The number of aromatic amines is 1. The van der Waals surface area contributed by atoms with E-state index in [1.165, 1.54) is 24.8 Å². The van der Waals surface area contributed by atoms with Gasteiger partial charge in [-0.25, -0.2) is 14.4 Å². The summed E-state index contributed by atoms with van der Waals surface area (Å²) in [5, 5.41) is 13.8. The second-order valence-corrected chi connectivity index (χ2v) is 7.39. The van der Waals surface area contributed by atoms with Crippen molar-refractivity contribution in [2.75, 3.05) is 10.6 Å². The Balaban J connectivity index is 1.68. The lowest BCUT2D eigenvalue weighted by Crippen LogP contribution is -2.05. The highest BCUT2D eigenvalue weighted by atomic mass is 32.2. The SMILES string of the molecule is CC(=O)Nc1ccc(Sc2nc(Nc3cc(C)n[nH]3)c3cccc(F)c3n2)cc1. The molecule has 0 radical (unpaired) electrons.